The lowest BCUT2D eigenvalue weighted by Gasteiger charge is -2.42. The average molecular weight is 380 g/mol. The summed E-state index contributed by atoms with van der Waals surface area (Å²) in [6.07, 6.45) is 4.44. The van der Waals surface area contributed by atoms with Gasteiger partial charge in [0.1, 0.15) is 29.2 Å². The number of rotatable bonds is 8. The van der Waals surface area contributed by atoms with Crippen LogP contribution < -0.4 is 0 Å². The summed E-state index contributed by atoms with van der Waals surface area (Å²) >= 11 is 0. The van der Waals surface area contributed by atoms with Crippen molar-refractivity contribution in [3.05, 3.63) is 11.6 Å². The lowest BCUT2D eigenvalue weighted by atomic mass is 9.68. The number of carbonyl (C=O) groups excluding carboxylic acids is 2. The molecule has 0 aromatic rings. The number of ketones is 1. The molecule has 3 aliphatic rings. The average Bonchev–Trinajstić information content (AvgIpc) is 3.50. The summed E-state index contributed by atoms with van der Waals surface area (Å²) in [6.45, 7) is 8.47. The van der Waals surface area contributed by atoms with Crippen molar-refractivity contribution >= 4 is 11.8 Å². The normalized spacial score (nSPS) is 39.7. The van der Waals surface area contributed by atoms with Gasteiger partial charge in [-0.2, -0.15) is 0 Å². The fourth-order valence-electron chi connectivity index (χ4n) is 4.58. The van der Waals surface area contributed by atoms with Crippen molar-refractivity contribution in [1.29, 1.82) is 0 Å². The van der Waals surface area contributed by atoms with E-state index in [1.54, 1.807) is 7.11 Å². The molecule has 0 N–H and O–H groups in total. The van der Waals surface area contributed by atoms with Gasteiger partial charge in [0.2, 0.25) is 0 Å². The van der Waals surface area contributed by atoms with E-state index in [0.29, 0.717) is 13.0 Å². The third-order valence-electron chi connectivity index (χ3n) is 6.20. The van der Waals surface area contributed by atoms with Crippen LogP contribution in [-0.4, -0.2) is 55.0 Å². The molecule has 1 saturated carbocycles. The third-order valence-corrected chi connectivity index (χ3v) is 6.20. The van der Waals surface area contributed by atoms with Crippen molar-refractivity contribution in [2.75, 3.05) is 13.7 Å². The third kappa shape index (κ3) is 4.28. The Morgan fingerprint density at radius 3 is 2.48 bits per heavy atom. The van der Waals surface area contributed by atoms with Gasteiger partial charge in [-0.3, -0.25) is 4.79 Å². The molecule has 152 valence electrons. The lowest BCUT2D eigenvalue weighted by Crippen LogP contribution is -2.55. The number of carbonyl (C=O) groups is 2. The van der Waals surface area contributed by atoms with E-state index in [1.807, 2.05) is 0 Å². The molecule has 0 aromatic carbocycles. The molecular formula is C21H32O6. The number of ether oxygens (including phenoxy) is 4. The van der Waals surface area contributed by atoms with Crippen LogP contribution in [0.2, 0.25) is 0 Å². The van der Waals surface area contributed by atoms with E-state index in [9.17, 15) is 9.59 Å². The van der Waals surface area contributed by atoms with Gasteiger partial charge >= 0.3 is 5.97 Å². The zero-order chi connectivity index (χ0) is 19.8. The molecule has 2 heterocycles. The van der Waals surface area contributed by atoms with E-state index in [1.165, 1.54) is 12.5 Å². The highest BCUT2D eigenvalue weighted by Gasteiger charge is 2.72. The molecule has 0 radical (unpaired) electrons. The molecule has 0 amide bonds. The van der Waals surface area contributed by atoms with Gasteiger partial charge in [-0.25, -0.2) is 0 Å². The largest absolute Gasteiger partial charge is 0.460 e. The minimum absolute atomic E-state index is 0.0110. The van der Waals surface area contributed by atoms with Crippen molar-refractivity contribution in [2.24, 2.45) is 5.92 Å². The maximum atomic E-state index is 12.2. The van der Waals surface area contributed by atoms with Gasteiger partial charge in [0.25, 0.3) is 0 Å². The van der Waals surface area contributed by atoms with Gasteiger partial charge in [0, 0.05) is 13.5 Å². The highest BCUT2D eigenvalue weighted by Crippen LogP contribution is 2.59. The highest BCUT2D eigenvalue weighted by atomic mass is 16.6. The molecule has 27 heavy (non-hydrogen) atoms. The molecule has 0 bridgehead atoms. The second-order valence-corrected chi connectivity index (χ2v) is 8.61. The Morgan fingerprint density at radius 2 is 1.93 bits per heavy atom. The van der Waals surface area contributed by atoms with E-state index in [2.05, 4.69) is 26.8 Å². The minimum Gasteiger partial charge on any atom is -0.460 e. The van der Waals surface area contributed by atoms with Crippen LogP contribution in [0.5, 0.6) is 0 Å². The van der Waals surface area contributed by atoms with E-state index in [0.717, 1.165) is 12.8 Å². The molecule has 6 nitrogen and oxygen atoms in total. The van der Waals surface area contributed by atoms with E-state index < -0.39 is 0 Å². The second-order valence-electron chi connectivity index (χ2n) is 8.61. The molecule has 2 saturated heterocycles. The van der Waals surface area contributed by atoms with Gasteiger partial charge in [-0.05, 0) is 47.0 Å². The topological polar surface area (TPSA) is 77.7 Å². The maximum Gasteiger partial charge on any atom is 0.306 e. The number of epoxide rings is 2. The number of hydrogen-bond donors (Lipinski definition) is 0. The lowest BCUT2D eigenvalue weighted by molar-refractivity contribution is -0.172. The van der Waals surface area contributed by atoms with Crippen LogP contribution in [0.1, 0.15) is 59.8 Å². The van der Waals surface area contributed by atoms with Crippen LogP contribution in [0.4, 0.5) is 0 Å². The maximum absolute atomic E-state index is 12.2. The number of hydrogen-bond acceptors (Lipinski definition) is 6. The van der Waals surface area contributed by atoms with Gasteiger partial charge in [-0.1, -0.05) is 11.6 Å². The molecule has 1 spiro atoms. The highest BCUT2D eigenvalue weighted by molar-refractivity contribution is 5.81. The first kappa shape index (κ1) is 20.5. The Labute approximate surface area is 161 Å². The Kier molecular flexibility index (Phi) is 5.80. The molecule has 3 rings (SSSR count). The van der Waals surface area contributed by atoms with Gasteiger partial charge in [0.05, 0.1) is 25.0 Å². The van der Waals surface area contributed by atoms with Crippen LogP contribution in [0.15, 0.2) is 11.6 Å². The van der Waals surface area contributed by atoms with Crippen molar-refractivity contribution < 1.29 is 28.5 Å². The molecular weight excluding hydrogens is 348 g/mol. The molecule has 6 atom stereocenters. The molecule has 2 aliphatic heterocycles. The Balaban J connectivity index is 1.71. The van der Waals surface area contributed by atoms with E-state index in [4.69, 9.17) is 18.9 Å². The number of methoxy groups -OCH3 is 1. The Bertz CT molecular complexity index is 618. The zero-order valence-electron chi connectivity index (χ0n) is 17.1. The number of Topliss-reactive ketones (excluding diaryl/α,β-unsaturated/α-hetero) is 1. The number of allylic oxidation sites excluding steroid dienone is 1. The molecule has 0 aromatic heterocycles. The molecule has 3 fully saturated rings. The first-order valence-corrected chi connectivity index (χ1v) is 9.88. The summed E-state index contributed by atoms with van der Waals surface area (Å²) < 4.78 is 23.6. The second kappa shape index (κ2) is 7.64. The quantitative estimate of drug-likeness (QED) is 0.366. The van der Waals surface area contributed by atoms with Crippen LogP contribution in [0, 0.1) is 5.92 Å². The monoisotopic (exact) mass is 380 g/mol. The Hall–Kier alpha value is -1.24. The van der Waals surface area contributed by atoms with Crippen molar-refractivity contribution in [3.8, 4) is 0 Å². The Morgan fingerprint density at radius 1 is 1.22 bits per heavy atom. The van der Waals surface area contributed by atoms with Crippen LogP contribution in [-0.2, 0) is 28.5 Å². The van der Waals surface area contributed by atoms with Gasteiger partial charge in [0.15, 0.2) is 0 Å². The summed E-state index contributed by atoms with van der Waals surface area (Å²) in [4.78, 5) is 23.3. The fourth-order valence-corrected chi connectivity index (χ4v) is 4.58. The summed E-state index contributed by atoms with van der Waals surface area (Å²) in [6, 6.07) is 0. The van der Waals surface area contributed by atoms with Crippen LogP contribution in [0.25, 0.3) is 0 Å². The van der Waals surface area contributed by atoms with E-state index in [-0.39, 0.29) is 60.0 Å². The zero-order valence-corrected chi connectivity index (χ0v) is 17.1. The fraction of sp³-hybridized carbons (Fsp3) is 0.810. The summed E-state index contributed by atoms with van der Waals surface area (Å²) in [5, 5.41) is 0. The molecule has 1 aliphatic carbocycles. The van der Waals surface area contributed by atoms with Crippen LogP contribution >= 0.6 is 0 Å². The van der Waals surface area contributed by atoms with Crippen molar-refractivity contribution in [1.82, 2.24) is 0 Å². The SMILES string of the molecule is CO[C@@H]1[C@H](OC(=O)CCC(C)=O)CC[C@]2(CO2)[C@H]1[C@]1(C)OC1CC=C(C)C. The summed E-state index contributed by atoms with van der Waals surface area (Å²) in [7, 11) is 1.66. The number of esters is 1. The standard InChI is InChI=1S/C21H32O6/c1-13(2)6-8-16-20(4,27-16)19-18(24-5)15(10-11-21(19)12-25-21)26-17(23)9-7-14(3)22/h6,15-16,18-19H,7-12H2,1-5H3/t15-,16?,18-,19-,20-,21+/m1/s1. The van der Waals surface area contributed by atoms with Gasteiger partial charge in [-0.15, -0.1) is 0 Å². The van der Waals surface area contributed by atoms with Gasteiger partial charge < -0.3 is 23.7 Å². The van der Waals surface area contributed by atoms with E-state index >= 15 is 0 Å². The minimum atomic E-state index is -0.341. The van der Waals surface area contributed by atoms with Crippen molar-refractivity contribution in [3.63, 3.8) is 0 Å². The summed E-state index contributed by atoms with van der Waals surface area (Å²) in [5.74, 6) is -0.334. The molecule has 1 unspecified atom stereocenters. The predicted molar refractivity (Wildman–Crippen MR) is 99.3 cm³/mol. The van der Waals surface area contributed by atoms with Crippen LogP contribution in [0.3, 0.4) is 0 Å². The summed E-state index contributed by atoms with van der Waals surface area (Å²) in [5.41, 5.74) is 0.708. The first-order valence-electron chi connectivity index (χ1n) is 9.88. The molecule has 6 heteroatoms. The first-order chi connectivity index (χ1) is 12.7. The van der Waals surface area contributed by atoms with Crippen molar-refractivity contribution in [2.45, 2.75) is 89.3 Å². The predicted octanol–water partition coefficient (Wildman–Crippen LogP) is 2.98. The smallest absolute Gasteiger partial charge is 0.306 e.